The maximum Gasteiger partial charge on any atom is 0.331 e. The highest BCUT2D eigenvalue weighted by Crippen LogP contribution is 2.12. The van der Waals surface area contributed by atoms with Crippen LogP contribution in [0.1, 0.15) is 15.9 Å². The van der Waals surface area contributed by atoms with Crippen molar-refractivity contribution in [1.82, 2.24) is 5.32 Å². The number of nitrogens with one attached hydrogen (secondary N) is 2. The first-order valence-electron chi connectivity index (χ1n) is 8.12. The van der Waals surface area contributed by atoms with E-state index in [0.717, 1.165) is 11.3 Å². The number of anilines is 1. The molecule has 0 atom stereocenters. The number of carbonyl (C=O) groups is 3. The highest BCUT2D eigenvalue weighted by Gasteiger charge is 2.07. The topological polar surface area (TPSA) is 93.7 Å². The second-order valence-corrected chi connectivity index (χ2v) is 5.42. The molecule has 2 rings (SSSR count). The molecule has 0 aliphatic heterocycles. The van der Waals surface area contributed by atoms with Gasteiger partial charge in [0.15, 0.2) is 6.61 Å². The molecule has 0 bridgehead atoms. The molecule has 2 aromatic carbocycles. The summed E-state index contributed by atoms with van der Waals surface area (Å²) in [4.78, 5) is 35.0. The molecule has 0 spiro atoms. The molecule has 0 aliphatic carbocycles. The van der Waals surface area contributed by atoms with Gasteiger partial charge in [0.25, 0.3) is 11.8 Å². The van der Waals surface area contributed by atoms with Crippen LogP contribution in [0.25, 0.3) is 6.08 Å². The van der Waals surface area contributed by atoms with Gasteiger partial charge in [0.2, 0.25) is 0 Å². The van der Waals surface area contributed by atoms with Gasteiger partial charge in [-0.15, -0.1) is 0 Å². The van der Waals surface area contributed by atoms with E-state index in [1.807, 2.05) is 0 Å². The first kappa shape index (κ1) is 19.7. The van der Waals surface area contributed by atoms with E-state index in [2.05, 4.69) is 10.6 Å². The molecule has 0 heterocycles. The molecule has 7 heteroatoms. The summed E-state index contributed by atoms with van der Waals surface area (Å²) in [5, 5.41) is 5.09. The monoisotopic (exact) mass is 368 g/mol. The third-order valence-electron chi connectivity index (χ3n) is 3.53. The zero-order valence-electron chi connectivity index (χ0n) is 15.0. The fourth-order valence-electron chi connectivity index (χ4n) is 2.11. The summed E-state index contributed by atoms with van der Waals surface area (Å²) in [5.74, 6) is -0.606. The van der Waals surface area contributed by atoms with Gasteiger partial charge in [-0.25, -0.2) is 4.79 Å². The molecule has 0 unspecified atom stereocenters. The fourth-order valence-corrected chi connectivity index (χ4v) is 2.11. The number of esters is 1. The smallest absolute Gasteiger partial charge is 0.331 e. The van der Waals surface area contributed by atoms with Crippen molar-refractivity contribution in [3.05, 3.63) is 65.7 Å². The first-order chi connectivity index (χ1) is 13.0. The number of hydrogen-bond donors (Lipinski definition) is 2. The maximum absolute atomic E-state index is 11.8. The lowest BCUT2D eigenvalue weighted by atomic mass is 10.2. The first-order valence-corrected chi connectivity index (χ1v) is 8.12. The van der Waals surface area contributed by atoms with Crippen LogP contribution < -0.4 is 15.4 Å². The summed E-state index contributed by atoms with van der Waals surface area (Å²) < 4.78 is 9.95. The number of carbonyl (C=O) groups excluding carboxylic acids is 3. The predicted octanol–water partition coefficient (Wildman–Crippen LogP) is 2.25. The third-order valence-corrected chi connectivity index (χ3v) is 3.53. The van der Waals surface area contributed by atoms with Crippen molar-refractivity contribution in [2.45, 2.75) is 0 Å². The minimum atomic E-state index is -0.629. The zero-order chi connectivity index (χ0) is 19.6. The zero-order valence-corrected chi connectivity index (χ0v) is 15.0. The van der Waals surface area contributed by atoms with Crippen molar-refractivity contribution in [2.75, 3.05) is 26.1 Å². The molecule has 7 nitrogen and oxygen atoms in total. The van der Waals surface area contributed by atoms with Crippen LogP contribution in [0.5, 0.6) is 5.75 Å². The van der Waals surface area contributed by atoms with Gasteiger partial charge < -0.3 is 20.1 Å². The Labute approximate surface area is 157 Å². The van der Waals surface area contributed by atoms with Gasteiger partial charge in [-0.1, -0.05) is 12.1 Å². The van der Waals surface area contributed by atoms with E-state index in [9.17, 15) is 14.4 Å². The Morgan fingerprint density at radius 2 is 1.67 bits per heavy atom. The van der Waals surface area contributed by atoms with E-state index in [-0.39, 0.29) is 5.91 Å². The summed E-state index contributed by atoms with van der Waals surface area (Å²) >= 11 is 0. The van der Waals surface area contributed by atoms with E-state index < -0.39 is 18.5 Å². The van der Waals surface area contributed by atoms with Crippen LogP contribution >= 0.6 is 0 Å². The highest BCUT2D eigenvalue weighted by atomic mass is 16.5. The lowest BCUT2D eigenvalue weighted by Crippen LogP contribution is -2.20. The van der Waals surface area contributed by atoms with Gasteiger partial charge in [0, 0.05) is 24.4 Å². The van der Waals surface area contributed by atoms with E-state index >= 15 is 0 Å². The number of methoxy groups -OCH3 is 1. The summed E-state index contributed by atoms with van der Waals surface area (Å²) in [5.41, 5.74) is 1.77. The molecule has 0 fully saturated rings. The van der Waals surface area contributed by atoms with E-state index in [1.165, 1.54) is 13.1 Å². The van der Waals surface area contributed by atoms with Crippen LogP contribution in [-0.2, 0) is 14.3 Å². The second kappa shape index (κ2) is 9.76. The normalized spacial score (nSPS) is 10.3. The van der Waals surface area contributed by atoms with E-state index in [1.54, 1.807) is 61.7 Å². The van der Waals surface area contributed by atoms with Crippen molar-refractivity contribution < 1.29 is 23.9 Å². The number of hydrogen-bond acceptors (Lipinski definition) is 5. The molecular formula is C20H20N2O5. The van der Waals surface area contributed by atoms with Crippen LogP contribution in [0.2, 0.25) is 0 Å². The minimum absolute atomic E-state index is 0.217. The minimum Gasteiger partial charge on any atom is -0.497 e. The Hall–Kier alpha value is -3.61. The van der Waals surface area contributed by atoms with Gasteiger partial charge in [0.1, 0.15) is 5.75 Å². The van der Waals surface area contributed by atoms with Crippen molar-refractivity contribution in [3.8, 4) is 5.75 Å². The van der Waals surface area contributed by atoms with Crippen molar-refractivity contribution in [3.63, 3.8) is 0 Å². The SMILES string of the molecule is CNC(=O)c1ccc(NC(=O)COC(=O)/C=C/c2ccc(OC)cc2)cc1. The van der Waals surface area contributed by atoms with E-state index in [4.69, 9.17) is 9.47 Å². The molecule has 2 N–H and O–H groups in total. The maximum atomic E-state index is 11.8. The predicted molar refractivity (Wildman–Crippen MR) is 101 cm³/mol. The van der Waals surface area contributed by atoms with Gasteiger partial charge in [-0.3, -0.25) is 9.59 Å². The Balaban J connectivity index is 1.79. The Bertz CT molecular complexity index is 826. The molecule has 2 aromatic rings. The molecular weight excluding hydrogens is 348 g/mol. The number of amides is 2. The van der Waals surface area contributed by atoms with Crippen LogP contribution in [0, 0.1) is 0 Å². The third kappa shape index (κ3) is 6.32. The molecule has 0 radical (unpaired) electrons. The van der Waals surface area contributed by atoms with Gasteiger partial charge in [0.05, 0.1) is 7.11 Å². The molecule has 27 heavy (non-hydrogen) atoms. The average Bonchev–Trinajstić information content (AvgIpc) is 2.71. The van der Waals surface area contributed by atoms with Crippen molar-refractivity contribution >= 4 is 29.5 Å². The standard InChI is InChI=1S/C20H20N2O5/c1-21-20(25)15-6-8-16(9-7-15)22-18(23)13-27-19(24)12-5-14-3-10-17(26-2)11-4-14/h3-12H,13H2,1-2H3,(H,21,25)(H,22,23)/b12-5+. The Kier molecular flexibility index (Phi) is 7.13. The second-order valence-electron chi connectivity index (χ2n) is 5.42. The Morgan fingerprint density at radius 1 is 1.00 bits per heavy atom. The van der Waals surface area contributed by atoms with Gasteiger partial charge in [-0.2, -0.15) is 0 Å². The molecule has 0 aliphatic rings. The fraction of sp³-hybridized carbons (Fsp3) is 0.150. The van der Waals surface area contributed by atoms with Crippen molar-refractivity contribution in [1.29, 1.82) is 0 Å². The van der Waals surface area contributed by atoms with E-state index in [0.29, 0.717) is 11.3 Å². The lowest BCUT2D eigenvalue weighted by molar-refractivity contribution is -0.142. The van der Waals surface area contributed by atoms with Crippen LogP contribution in [-0.4, -0.2) is 38.5 Å². The van der Waals surface area contributed by atoms with Crippen LogP contribution in [0.4, 0.5) is 5.69 Å². The van der Waals surface area contributed by atoms with Gasteiger partial charge in [-0.05, 0) is 48.0 Å². The van der Waals surface area contributed by atoms with Crippen molar-refractivity contribution in [2.24, 2.45) is 0 Å². The number of ether oxygens (including phenoxy) is 2. The highest BCUT2D eigenvalue weighted by molar-refractivity contribution is 5.96. The van der Waals surface area contributed by atoms with Crippen LogP contribution in [0.15, 0.2) is 54.6 Å². The quantitative estimate of drug-likeness (QED) is 0.577. The molecule has 140 valence electrons. The van der Waals surface area contributed by atoms with Crippen LogP contribution in [0.3, 0.4) is 0 Å². The summed E-state index contributed by atoms with van der Waals surface area (Å²) in [6, 6.07) is 13.5. The van der Waals surface area contributed by atoms with Gasteiger partial charge >= 0.3 is 5.97 Å². The average molecular weight is 368 g/mol. The summed E-state index contributed by atoms with van der Waals surface area (Å²) in [7, 11) is 3.11. The molecule has 0 saturated heterocycles. The lowest BCUT2D eigenvalue weighted by Gasteiger charge is -2.06. The molecule has 0 saturated carbocycles. The number of benzene rings is 2. The summed E-state index contributed by atoms with van der Waals surface area (Å²) in [6.07, 6.45) is 2.82. The largest absolute Gasteiger partial charge is 0.497 e. The number of rotatable bonds is 7. The summed E-state index contributed by atoms with van der Waals surface area (Å²) in [6.45, 7) is -0.414. The Morgan fingerprint density at radius 3 is 2.26 bits per heavy atom. The molecule has 2 amide bonds. The molecule has 0 aromatic heterocycles.